The van der Waals surface area contributed by atoms with Gasteiger partial charge in [-0.05, 0) is 0 Å². The Hall–Kier alpha value is 27.8. The molecule has 334 valence electrons. The Kier molecular flexibility index (Phi) is 4730. The van der Waals surface area contributed by atoms with Gasteiger partial charge in [0, 0.05) is 753 Å². The van der Waals surface area contributed by atoms with Gasteiger partial charge >= 0.3 is 51.4 Å². The summed E-state index contributed by atoms with van der Waals surface area (Å²) in [5, 5.41) is 0. The van der Waals surface area contributed by atoms with E-state index in [2.05, 4.69) is 47.3 Å². The van der Waals surface area contributed by atoms with Crippen molar-refractivity contribution in [1.29, 1.82) is 1.28 Å². The van der Waals surface area contributed by atoms with Crippen molar-refractivity contribution >= 4 is 35.9 Å². The Bertz CT molecular complexity index is 116. The second kappa shape index (κ2) is 647. The zero-order valence-electron chi connectivity index (χ0n) is 29.5. The van der Waals surface area contributed by atoms with E-state index in [1.807, 2.05) is 0 Å². The summed E-state index contributed by atoms with van der Waals surface area (Å²) >= 11 is 0. The van der Waals surface area contributed by atoms with Crippen LogP contribution in [0.4, 0.5) is 0 Å². The molecule has 0 aliphatic carbocycles. The fourth-order valence-electron chi connectivity index (χ4n) is 0. The molecule has 0 saturated carbocycles. The molecule has 0 aromatic heterocycles. The molecule has 3 unspecified atom stereocenters. The third kappa shape index (κ3) is 676. The van der Waals surface area contributed by atoms with Crippen LogP contribution in [0.15, 0.2) is 0 Å². The third-order valence-corrected chi connectivity index (χ3v) is 0.0962. The molecule has 3 atom stereocenters. The van der Waals surface area contributed by atoms with Crippen LogP contribution in [0.2, 0.25) is 0 Å². The molecule has 0 aromatic rings. The van der Waals surface area contributed by atoms with Crippen molar-refractivity contribution in [2.24, 2.45) is 5.73 Å². The van der Waals surface area contributed by atoms with Crippen molar-refractivity contribution in [1.82, 2.24) is 0 Å². The molecule has 0 bridgehead atoms. The van der Waals surface area contributed by atoms with Gasteiger partial charge in [-0.15, -0.1) is 0 Å². The van der Waals surface area contributed by atoms with E-state index in [1.165, 1.54) is 0 Å². The van der Waals surface area contributed by atoms with Crippen LogP contribution in [0.1, 0.15) is 140 Å². The van der Waals surface area contributed by atoms with Gasteiger partial charge in [-0.2, -0.15) is 71.2 Å². The van der Waals surface area contributed by atoms with E-state index in [1.54, 1.807) is 51.4 Å². The molecule has 30 heteroatoms. The summed E-state index contributed by atoms with van der Waals surface area (Å²) in [5.74, 6) is 0. The number of hydrogen-bond donors (Lipinski definition) is 1. The first-order valence-electron chi connectivity index (χ1n) is 5.87. The quantitative estimate of drug-likeness (QED) is 0.123. The predicted molar refractivity (Wildman–Crippen MR) is 203 cm³/mol. The van der Waals surface area contributed by atoms with E-state index < -0.39 is 0 Å². The maximum atomic E-state index is 9.05. The second-order valence-electron chi connectivity index (χ2n) is 0.402. The number of nitrogens with two attached hydrogens (primary N) is 1. The zero-order chi connectivity index (χ0) is 17.4. The topological polar surface area (TPSA) is 43.1 Å². The van der Waals surface area contributed by atoms with E-state index >= 15 is 0 Å². The SMILES string of the molecule is C.C.C.C.C.C.C.C.C.C.C.C.C.NCC=O.P.P.[3H]P.[CH2-]C.[CH2-]C.[CH2-]C.[CH2-]C.[CH2-]C.[CH2-]C.[H-].[K+].[U].[U].[U].[U].[U].[U].[U].[U].[U].[U].[U].[U].[U].[U].[U].[U].[U].[U].[U].[U].[U].[U].[U].[U]. The van der Waals surface area contributed by atoms with Crippen LogP contribution in [0.3, 0.4) is 0 Å². The summed E-state index contributed by atoms with van der Waals surface area (Å²) in [5.41, 5.74) is 4.66. The van der Waals surface area contributed by atoms with Crippen molar-refractivity contribution in [3.05, 3.63) is 41.5 Å². The van der Waals surface area contributed by atoms with Crippen molar-refractivity contribution in [2.75, 3.05) is 6.54 Å². The maximum absolute atomic E-state index is 9.05. The van der Waals surface area contributed by atoms with Gasteiger partial charge in [0.1, 0.15) is 6.29 Å². The summed E-state index contributed by atoms with van der Waals surface area (Å²) in [6.45, 7) is 30.1. The smallest absolute Gasteiger partial charge is 1.00 e. The minimum absolute atomic E-state index is 0. The molecule has 0 aromatic carbocycles. The van der Waals surface area contributed by atoms with Crippen molar-refractivity contribution in [2.45, 2.75) is 138 Å². The van der Waals surface area contributed by atoms with Crippen LogP contribution in [0, 0.1) is 788 Å². The van der Waals surface area contributed by atoms with Gasteiger partial charge in [0.25, 0.3) is 0 Å². The van der Waals surface area contributed by atoms with Crippen molar-refractivity contribution < 1.29 is 804 Å². The van der Waals surface area contributed by atoms with E-state index in [4.69, 9.17) is 6.07 Å². The van der Waals surface area contributed by atoms with E-state index in [-0.39, 0.29) is 922 Å². The van der Waals surface area contributed by atoms with Crippen molar-refractivity contribution in [3.8, 4) is 0 Å². The van der Waals surface area contributed by atoms with Gasteiger partial charge < -0.3 is 53.5 Å². The van der Waals surface area contributed by atoms with Crippen LogP contribution in [0.5, 0.6) is 0 Å². The van der Waals surface area contributed by atoms with Gasteiger partial charge in [-0.3, -0.25) is 0 Å². The molecule has 0 aliphatic rings. The van der Waals surface area contributed by atoms with Gasteiger partial charge in [0.15, 0.2) is 0 Å². The van der Waals surface area contributed by atoms with Gasteiger partial charge in [-0.25, -0.2) is 0 Å². The Labute approximate surface area is 1000 Å². The molecule has 0 heterocycles. The first-order valence-corrected chi connectivity index (χ1v) is 5.29. The number of rotatable bonds is 1. The average molecular weight is 6300 g/mol. The number of hydrogen-bond acceptors (Lipinski definition) is 2. The minimum Gasteiger partial charge on any atom is -1.00 e. The van der Waals surface area contributed by atoms with Gasteiger partial charge in [0.2, 0.25) is 0 Å². The second-order valence-corrected chi connectivity index (χ2v) is 0.402. The standard InChI is InChI=1S/C2H5NO.6C2H5.13CH4.K.3H3P.24U.H/c3-1-2-4;6*1-2;;;;;;;;;;;;;;;;;;;;;;;;;;;;;;;;;;;;;;;;;;/h2H,1,3H2;6*1H2,2H3;13*1H4;;3*1H3;;;;;;;;;;;;;;;;;;;;;;;;;/q;6*-1;;;;;;;;;;;;;;+1;;;;;;;;;;;;;;;;;;;;;;;;;;;;-1/i;;;;;;;;;;;;;;;;;;;;;1T;;;;;;;;;;;;;;;;;;;;;;;;;;;. The molecule has 2 N–H and O–H groups in total. The van der Waals surface area contributed by atoms with Crippen LogP contribution in [0.25, 0.3) is 0 Å². The summed E-state index contributed by atoms with van der Waals surface area (Å²) in [4.78, 5) is 9.05. The molecule has 0 spiro atoms. The maximum Gasteiger partial charge on any atom is 1.00 e. The molecular weight excluding hydrogens is 6200 g/mol. The zero-order valence-corrected chi connectivity index (χ0v) is 135. The Morgan fingerprint density at radius 2 is 0.333 bits per heavy atom. The summed E-state index contributed by atoms with van der Waals surface area (Å²) in [6.07, 6.45) is 0.653. The number of carbonyl (C=O) groups excluding carboxylic acids is 1. The van der Waals surface area contributed by atoms with E-state index in [0.717, 1.165) is 0 Å². The summed E-state index contributed by atoms with van der Waals surface area (Å²) in [7, 11) is 1.67. The minimum atomic E-state index is 0. The molecular formula is C27H97KNOP3U24-6. The van der Waals surface area contributed by atoms with Gasteiger partial charge in [0.05, 0.1) is 1.28 Å². The predicted octanol–water partition coefficient (Wildman–Crippen LogP) is 9.75. The Balaban J connectivity index is -0.000000000377. The monoisotopic (exact) mass is 6300 g/mol. The first kappa shape index (κ1) is 417. The number of aldehydes is 1. The summed E-state index contributed by atoms with van der Waals surface area (Å²) in [6, 6.07) is 0. The fraction of sp³-hybridized carbons (Fsp3) is 0.741. The van der Waals surface area contributed by atoms with Gasteiger partial charge in [-0.1, -0.05) is 96.5 Å². The van der Waals surface area contributed by atoms with Crippen LogP contribution < -0.4 is 57.1 Å². The van der Waals surface area contributed by atoms with Crippen LogP contribution in [-0.4, -0.2) is 14.1 Å². The van der Waals surface area contributed by atoms with Crippen molar-refractivity contribution in [3.63, 3.8) is 0 Å². The third-order valence-electron chi connectivity index (χ3n) is 0.0962. The molecule has 0 fully saturated rings. The largest absolute Gasteiger partial charge is 1.00 e. The molecule has 0 saturated heterocycles. The van der Waals surface area contributed by atoms with Crippen LogP contribution in [-0.2, 0) is 4.79 Å². The van der Waals surface area contributed by atoms with E-state index in [9.17, 15) is 0 Å². The molecule has 0 rings (SSSR count). The van der Waals surface area contributed by atoms with Crippen LogP contribution >= 0.6 is 29.6 Å². The van der Waals surface area contributed by atoms with E-state index in [0.29, 0.717) is 6.29 Å². The number of carbonyl (C=O) groups is 1. The summed E-state index contributed by atoms with van der Waals surface area (Å²) < 4.78 is 5.67. The fourth-order valence-corrected chi connectivity index (χ4v) is 0. The molecule has 0 amide bonds. The normalized spacial score (nSPS) is 1.19. The molecule has 0 aliphatic heterocycles. The molecule has 0 radical (unpaired) electrons. The molecule has 57 heavy (non-hydrogen) atoms. The Morgan fingerprint density at radius 3 is 0.333 bits per heavy atom. The average Bonchev–Trinajstić information content (AvgIpc) is 2.60. The first-order chi connectivity index (χ1) is 8.91. The molecule has 2 nitrogen and oxygen atoms in total. The Morgan fingerprint density at radius 1 is 0.316 bits per heavy atom.